The quantitative estimate of drug-likeness (QED) is 0.171. The first kappa shape index (κ1) is 27.2. The number of nitrogens with one attached hydrogen (secondary N) is 3. The van der Waals surface area contributed by atoms with Crippen molar-refractivity contribution in [2.45, 2.75) is 26.4 Å². The SMILES string of the molecule is C=CC(=O)Nc1cc2c(Nc3ccc(Br)c(Cl)c3F)ncnc2cc1OCCNC(=O)OC(C)(C)C. The van der Waals surface area contributed by atoms with Crippen LogP contribution in [0.5, 0.6) is 5.75 Å². The van der Waals surface area contributed by atoms with Crippen molar-refractivity contribution < 1.29 is 23.5 Å². The molecule has 1 aromatic heterocycles. The molecule has 0 unspecified atom stereocenters. The standard InChI is InChI=1S/C24H24BrClFN5O4/c1-5-19(33)31-17-10-13-16(11-18(17)35-9-8-28-23(34)36-24(2,3)4)29-12-30-22(13)32-15-7-6-14(25)20(26)21(15)27/h5-7,10-12H,1,8-9H2,2-4H3,(H,28,34)(H,31,33)(H,29,30,32). The van der Waals surface area contributed by atoms with Crippen LogP contribution in [0.3, 0.4) is 0 Å². The van der Waals surface area contributed by atoms with Crippen molar-refractivity contribution >= 4 is 67.6 Å². The Morgan fingerprint density at radius 3 is 2.67 bits per heavy atom. The van der Waals surface area contributed by atoms with E-state index in [1.807, 2.05) is 0 Å². The molecule has 1 heterocycles. The molecule has 36 heavy (non-hydrogen) atoms. The van der Waals surface area contributed by atoms with E-state index < -0.39 is 23.4 Å². The van der Waals surface area contributed by atoms with E-state index in [0.29, 0.717) is 26.8 Å². The molecule has 0 saturated carbocycles. The van der Waals surface area contributed by atoms with Gasteiger partial charge in [-0.05, 0) is 61.0 Å². The van der Waals surface area contributed by atoms with E-state index in [-0.39, 0.29) is 29.7 Å². The molecular weight excluding hydrogens is 557 g/mol. The van der Waals surface area contributed by atoms with Crippen molar-refractivity contribution in [1.82, 2.24) is 15.3 Å². The number of carbonyl (C=O) groups excluding carboxylic acids is 2. The molecular formula is C24H24BrClFN5O4. The zero-order valence-corrected chi connectivity index (χ0v) is 22.1. The van der Waals surface area contributed by atoms with Gasteiger partial charge < -0.3 is 25.4 Å². The molecule has 0 aliphatic carbocycles. The van der Waals surface area contributed by atoms with Gasteiger partial charge in [-0.25, -0.2) is 19.2 Å². The Balaban J connectivity index is 1.87. The number of aromatic nitrogens is 2. The molecule has 0 atom stereocenters. The Hall–Kier alpha value is -3.44. The van der Waals surface area contributed by atoms with Gasteiger partial charge in [0.15, 0.2) is 5.82 Å². The van der Waals surface area contributed by atoms with Crippen molar-refractivity contribution in [3.8, 4) is 5.75 Å². The second kappa shape index (κ2) is 11.5. The van der Waals surface area contributed by atoms with E-state index in [2.05, 4.69) is 48.4 Å². The predicted octanol–water partition coefficient (Wildman–Crippen LogP) is 5.96. The summed E-state index contributed by atoms with van der Waals surface area (Å²) in [5.41, 5.74) is 0.245. The maximum atomic E-state index is 14.6. The van der Waals surface area contributed by atoms with Crippen LogP contribution in [0.15, 0.2) is 47.7 Å². The van der Waals surface area contributed by atoms with Gasteiger partial charge in [0, 0.05) is 15.9 Å². The van der Waals surface area contributed by atoms with Crippen LogP contribution in [0.1, 0.15) is 20.8 Å². The lowest BCUT2D eigenvalue weighted by molar-refractivity contribution is -0.111. The second-order valence-electron chi connectivity index (χ2n) is 8.41. The summed E-state index contributed by atoms with van der Waals surface area (Å²) < 4.78 is 26.0. The number of benzene rings is 2. The molecule has 190 valence electrons. The predicted molar refractivity (Wildman–Crippen MR) is 140 cm³/mol. The topological polar surface area (TPSA) is 114 Å². The minimum Gasteiger partial charge on any atom is -0.489 e. The molecule has 3 aromatic rings. The van der Waals surface area contributed by atoms with Gasteiger partial charge >= 0.3 is 6.09 Å². The van der Waals surface area contributed by atoms with Gasteiger partial charge in [0.25, 0.3) is 0 Å². The first-order valence-electron chi connectivity index (χ1n) is 10.7. The third-order valence-corrected chi connectivity index (χ3v) is 5.75. The van der Waals surface area contributed by atoms with Crippen molar-refractivity contribution in [3.63, 3.8) is 0 Å². The summed E-state index contributed by atoms with van der Waals surface area (Å²) in [7, 11) is 0. The number of hydrogen-bond donors (Lipinski definition) is 3. The van der Waals surface area contributed by atoms with Crippen LogP contribution in [0.2, 0.25) is 5.02 Å². The summed E-state index contributed by atoms with van der Waals surface area (Å²) >= 11 is 9.18. The van der Waals surface area contributed by atoms with Gasteiger partial charge in [0.2, 0.25) is 5.91 Å². The lowest BCUT2D eigenvalue weighted by Crippen LogP contribution is -2.34. The van der Waals surface area contributed by atoms with Gasteiger partial charge in [-0.15, -0.1) is 0 Å². The summed E-state index contributed by atoms with van der Waals surface area (Å²) in [5, 5.41) is 8.59. The molecule has 9 nitrogen and oxygen atoms in total. The Kier molecular flexibility index (Phi) is 8.70. The van der Waals surface area contributed by atoms with E-state index in [9.17, 15) is 14.0 Å². The highest BCUT2D eigenvalue weighted by Crippen LogP contribution is 2.35. The average Bonchev–Trinajstić information content (AvgIpc) is 2.81. The normalized spacial score (nSPS) is 11.1. The van der Waals surface area contributed by atoms with E-state index in [4.69, 9.17) is 21.1 Å². The second-order valence-corrected chi connectivity index (χ2v) is 9.64. The van der Waals surface area contributed by atoms with Crippen LogP contribution in [0.25, 0.3) is 10.9 Å². The molecule has 0 aliphatic heterocycles. The maximum Gasteiger partial charge on any atom is 0.407 e. The van der Waals surface area contributed by atoms with Crippen molar-refractivity contribution in [2.24, 2.45) is 0 Å². The van der Waals surface area contributed by atoms with Crippen LogP contribution in [-0.2, 0) is 9.53 Å². The third-order valence-electron chi connectivity index (χ3n) is 4.50. The van der Waals surface area contributed by atoms with Crippen LogP contribution in [0.4, 0.5) is 26.4 Å². The molecule has 2 amide bonds. The number of amides is 2. The summed E-state index contributed by atoms with van der Waals surface area (Å²) in [6.07, 6.45) is 1.84. The number of ether oxygens (including phenoxy) is 2. The van der Waals surface area contributed by atoms with E-state index >= 15 is 0 Å². The first-order chi connectivity index (χ1) is 17.0. The first-order valence-corrected chi connectivity index (χ1v) is 11.9. The maximum absolute atomic E-state index is 14.6. The van der Waals surface area contributed by atoms with E-state index in [1.165, 1.54) is 12.4 Å². The summed E-state index contributed by atoms with van der Waals surface area (Å²) in [6, 6.07) is 6.30. The summed E-state index contributed by atoms with van der Waals surface area (Å²) in [4.78, 5) is 32.3. The zero-order chi connectivity index (χ0) is 26.5. The summed E-state index contributed by atoms with van der Waals surface area (Å²) in [5.74, 6) is -0.547. The van der Waals surface area contributed by atoms with Gasteiger partial charge in [-0.2, -0.15) is 0 Å². The molecule has 3 rings (SSSR count). The number of hydrogen-bond acceptors (Lipinski definition) is 7. The highest BCUT2D eigenvalue weighted by atomic mass is 79.9. The number of fused-ring (bicyclic) bond motifs is 1. The molecule has 0 bridgehead atoms. The number of rotatable bonds is 8. The largest absolute Gasteiger partial charge is 0.489 e. The van der Waals surface area contributed by atoms with Gasteiger partial charge in [0.05, 0.1) is 28.5 Å². The highest BCUT2D eigenvalue weighted by Gasteiger charge is 2.17. The minimum absolute atomic E-state index is 0.0759. The van der Waals surface area contributed by atoms with Gasteiger partial charge in [-0.1, -0.05) is 18.2 Å². The molecule has 0 spiro atoms. The fraction of sp³-hybridized carbons (Fsp3) is 0.250. The smallest absolute Gasteiger partial charge is 0.407 e. The lowest BCUT2D eigenvalue weighted by Gasteiger charge is -2.20. The van der Waals surface area contributed by atoms with E-state index in [0.717, 1.165) is 6.08 Å². The lowest BCUT2D eigenvalue weighted by atomic mass is 10.1. The molecule has 12 heteroatoms. The Labute approximate surface area is 220 Å². The molecule has 0 aliphatic rings. The Bertz CT molecular complexity index is 1320. The van der Waals surface area contributed by atoms with Gasteiger partial charge in [0.1, 0.15) is 30.1 Å². The Morgan fingerprint density at radius 1 is 1.22 bits per heavy atom. The van der Waals surface area contributed by atoms with Crippen LogP contribution < -0.4 is 20.7 Å². The van der Waals surface area contributed by atoms with E-state index in [1.54, 1.807) is 39.0 Å². The van der Waals surface area contributed by atoms with Crippen LogP contribution in [0, 0.1) is 5.82 Å². The number of nitrogens with zero attached hydrogens (tertiary/aromatic N) is 2. The molecule has 0 fully saturated rings. The van der Waals surface area contributed by atoms with Crippen molar-refractivity contribution in [1.29, 1.82) is 0 Å². The fourth-order valence-corrected chi connectivity index (χ4v) is 3.43. The number of halogens is 3. The Morgan fingerprint density at radius 2 is 1.97 bits per heavy atom. The molecule has 2 aromatic carbocycles. The van der Waals surface area contributed by atoms with Gasteiger partial charge in [-0.3, -0.25) is 4.79 Å². The van der Waals surface area contributed by atoms with Crippen molar-refractivity contribution in [3.05, 3.63) is 58.6 Å². The molecule has 0 radical (unpaired) electrons. The van der Waals surface area contributed by atoms with Crippen LogP contribution >= 0.6 is 27.5 Å². The number of carbonyl (C=O) groups is 2. The fourth-order valence-electron chi connectivity index (χ4n) is 2.96. The minimum atomic E-state index is -0.657. The monoisotopic (exact) mass is 579 g/mol. The molecule has 0 saturated heterocycles. The zero-order valence-electron chi connectivity index (χ0n) is 19.7. The third kappa shape index (κ3) is 7.05. The summed E-state index contributed by atoms with van der Waals surface area (Å²) in [6.45, 7) is 8.98. The highest BCUT2D eigenvalue weighted by molar-refractivity contribution is 9.10. The molecule has 3 N–H and O–H groups in total. The average molecular weight is 581 g/mol. The number of anilines is 3. The number of alkyl carbamates (subject to hydrolysis) is 1. The van der Waals surface area contributed by atoms with Crippen LogP contribution in [-0.4, -0.2) is 40.7 Å². The van der Waals surface area contributed by atoms with Crippen molar-refractivity contribution in [2.75, 3.05) is 23.8 Å².